The molecule has 0 radical (unpaired) electrons. The van der Waals surface area contributed by atoms with Crippen molar-refractivity contribution in [2.45, 2.75) is 46.1 Å². The Hall–Kier alpha value is -1.81. The maximum atomic E-state index is 11.7. The smallest absolute Gasteiger partial charge is 0.337 e. The molecule has 0 atom stereocenters. The number of carbonyl (C=O) groups is 1. The molecular formula is C17H24N2O2. The third-order valence-electron chi connectivity index (χ3n) is 3.90. The van der Waals surface area contributed by atoms with Crippen LogP contribution in [0.2, 0.25) is 0 Å². The second-order valence-electron chi connectivity index (χ2n) is 6.47. The summed E-state index contributed by atoms with van der Waals surface area (Å²) in [5.74, 6) is -0.884. The van der Waals surface area contributed by atoms with Crippen molar-refractivity contribution in [1.82, 2.24) is 4.57 Å². The summed E-state index contributed by atoms with van der Waals surface area (Å²) < 4.78 is 1.98. The molecule has 0 aliphatic carbocycles. The molecule has 1 aromatic carbocycles. The minimum absolute atomic E-state index is 0.0840. The zero-order valence-corrected chi connectivity index (χ0v) is 13.2. The first kappa shape index (κ1) is 15.6. The number of hydrogen-bond acceptors (Lipinski definition) is 2. The molecule has 0 fully saturated rings. The summed E-state index contributed by atoms with van der Waals surface area (Å²) in [6, 6.07) is 3.94. The molecule has 114 valence electrons. The standard InChI is InChI=1S/C17H24N2O2/c1-5-11-10-19(7-6-18)15-13(11)8-12(17(2,3)4)9-14(15)16(20)21/h8-10H,5-7,18H2,1-4H3,(H,20,21). The van der Waals surface area contributed by atoms with Gasteiger partial charge in [0.1, 0.15) is 0 Å². The van der Waals surface area contributed by atoms with Crippen LogP contribution in [0.15, 0.2) is 18.3 Å². The Morgan fingerprint density at radius 3 is 2.48 bits per heavy atom. The molecule has 2 aromatic rings. The van der Waals surface area contributed by atoms with Crippen LogP contribution in [-0.4, -0.2) is 22.2 Å². The first-order valence-electron chi connectivity index (χ1n) is 7.39. The van der Waals surface area contributed by atoms with Crippen LogP contribution in [0.25, 0.3) is 10.9 Å². The largest absolute Gasteiger partial charge is 0.478 e. The van der Waals surface area contributed by atoms with Crippen LogP contribution in [0.3, 0.4) is 0 Å². The summed E-state index contributed by atoms with van der Waals surface area (Å²) >= 11 is 0. The van der Waals surface area contributed by atoms with E-state index in [0.29, 0.717) is 18.7 Å². The number of fused-ring (bicyclic) bond motifs is 1. The molecule has 0 saturated carbocycles. The molecule has 0 aliphatic rings. The van der Waals surface area contributed by atoms with Crippen LogP contribution in [0.5, 0.6) is 0 Å². The number of nitrogens with two attached hydrogens (primary N) is 1. The fourth-order valence-corrected chi connectivity index (χ4v) is 2.70. The van der Waals surface area contributed by atoms with E-state index >= 15 is 0 Å². The van der Waals surface area contributed by atoms with Crippen LogP contribution in [0.4, 0.5) is 0 Å². The van der Waals surface area contributed by atoms with Gasteiger partial charge in [0.2, 0.25) is 0 Å². The van der Waals surface area contributed by atoms with E-state index in [1.165, 1.54) is 5.56 Å². The minimum atomic E-state index is -0.884. The van der Waals surface area contributed by atoms with Crippen molar-refractivity contribution in [2.24, 2.45) is 5.73 Å². The van der Waals surface area contributed by atoms with Crippen LogP contribution < -0.4 is 5.73 Å². The van der Waals surface area contributed by atoms with Crippen molar-refractivity contribution >= 4 is 16.9 Å². The highest BCUT2D eigenvalue weighted by Gasteiger charge is 2.22. The van der Waals surface area contributed by atoms with E-state index in [4.69, 9.17) is 5.73 Å². The van der Waals surface area contributed by atoms with Gasteiger partial charge in [-0.2, -0.15) is 0 Å². The predicted octanol–water partition coefficient (Wildman–Crippen LogP) is 3.16. The van der Waals surface area contributed by atoms with E-state index in [1.807, 2.05) is 10.8 Å². The Balaban J connectivity index is 2.86. The number of benzene rings is 1. The van der Waals surface area contributed by atoms with Crippen LogP contribution in [-0.2, 0) is 18.4 Å². The van der Waals surface area contributed by atoms with Gasteiger partial charge in [-0.15, -0.1) is 0 Å². The highest BCUT2D eigenvalue weighted by molar-refractivity contribution is 6.04. The molecule has 0 saturated heterocycles. The van der Waals surface area contributed by atoms with Crippen molar-refractivity contribution in [3.8, 4) is 0 Å². The Kier molecular flexibility index (Phi) is 4.10. The Labute approximate surface area is 125 Å². The number of carboxylic acid groups (broad SMARTS) is 1. The van der Waals surface area contributed by atoms with Crippen LogP contribution >= 0.6 is 0 Å². The van der Waals surface area contributed by atoms with Gasteiger partial charge < -0.3 is 15.4 Å². The number of aryl methyl sites for hydroxylation is 1. The van der Waals surface area contributed by atoms with Crippen molar-refractivity contribution < 1.29 is 9.90 Å². The van der Waals surface area contributed by atoms with Crippen molar-refractivity contribution in [1.29, 1.82) is 0 Å². The molecule has 2 rings (SSSR count). The molecule has 3 N–H and O–H groups in total. The number of aromatic carboxylic acids is 1. The van der Waals surface area contributed by atoms with Crippen molar-refractivity contribution in [2.75, 3.05) is 6.54 Å². The number of aromatic nitrogens is 1. The summed E-state index contributed by atoms with van der Waals surface area (Å²) in [4.78, 5) is 11.7. The van der Waals surface area contributed by atoms with E-state index in [9.17, 15) is 9.90 Å². The Morgan fingerprint density at radius 1 is 1.33 bits per heavy atom. The zero-order chi connectivity index (χ0) is 15.8. The second kappa shape index (κ2) is 5.53. The first-order chi connectivity index (χ1) is 9.79. The fourth-order valence-electron chi connectivity index (χ4n) is 2.70. The molecular weight excluding hydrogens is 264 g/mol. The quantitative estimate of drug-likeness (QED) is 0.908. The van der Waals surface area contributed by atoms with Gasteiger partial charge in [0.25, 0.3) is 0 Å². The topological polar surface area (TPSA) is 68.2 Å². The predicted molar refractivity (Wildman–Crippen MR) is 86.0 cm³/mol. The lowest BCUT2D eigenvalue weighted by molar-refractivity contribution is 0.0698. The van der Waals surface area contributed by atoms with Gasteiger partial charge in [-0.05, 0) is 35.1 Å². The lowest BCUT2D eigenvalue weighted by Crippen LogP contribution is -2.14. The Morgan fingerprint density at radius 2 is 2.00 bits per heavy atom. The molecule has 0 unspecified atom stereocenters. The van der Waals surface area contributed by atoms with Gasteiger partial charge in [0, 0.05) is 24.7 Å². The average molecular weight is 288 g/mol. The molecule has 1 aromatic heterocycles. The number of nitrogens with zero attached hydrogens (tertiary/aromatic N) is 1. The van der Waals surface area contributed by atoms with E-state index in [1.54, 1.807) is 6.07 Å². The third-order valence-corrected chi connectivity index (χ3v) is 3.90. The van der Waals surface area contributed by atoms with Gasteiger partial charge >= 0.3 is 5.97 Å². The Bertz CT molecular complexity index is 678. The molecule has 1 heterocycles. The van der Waals surface area contributed by atoms with Gasteiger partial charge in [-0.3, -0.25) is 0 Å². The zero-order valence-electron chi connectivity index (χ0n) is 13.2. The summed E-state index contributed by atoms with van der Waals surface area (Å²) in [6.45, 7) is 9.51. The number of rotatable bonds is 4. The average Bonchev–Trinajstić information content (AvgIpc) is 2.75. The summed E-state index contributed by atoms with van der Waals surface area (Å²) in [5.41, 5.74) is 8.95. The normalized spacial score (nSPS) is 12.0. The molecule has 4 heteroatoms. The van der Waals surface area contributed by atoms with E-state index in [0.717, 1.165) is 22.9 Å². The number of carboxylic acids is 1. The van der Waals surface area contributed by atoms with Crippen molar-refractivity contribution in [3.05, 3.63) is 35.0 Å². The summed E-state index contributed by atoms with van der Waals surface area (Å²) in [5, 5.41) is 10.6. The summed E-state index contributed by atoms with van der Waals surface area (Å²) in [6.07, 6.45) is 2.91. The fraction of sp³-hybridized carbons (Fsp3) is 0.471. The molecule has 21 heavy (non-hydrogen) atoms. The van der Waals surface area contributed by atoms with Gasteiger partial charge in [-0.1, -0.05) is 27.7 Å². The maximum absolute atomic E-state index is 11.7. The van der Waals surface area contributed by atoms with Gasteiger partial charge in [0.05, 0.1) is 11.1 Å². The van der Waals surface area contributed by atoms with Crippen LogP contribution in [0.1, 0.15) is 49.2 Å². The second-order valence-corrected chi connectivity index (χ2v) is 6.47. The maximum Gasteiger partial charge on any atom is 0.337 e. The lowest BCUT2D eigenvalue weighted by atomic mass is 9.85. The molecule has 0 aliphatic heterocycles. The minimum Gasteiger partial charge on any atom is -0.478 e. The first-order valence-corrected chi connectivity index (χ1v) is 7.39. The van der Waals surface area contributed by atoms with E-state index in [-0.39, 0.29) is 5.41 Å². The highest BCUT2D eigenvalue weighted by Crippen LogP contribution is 2.32. The van der Waals surface area contributed by atoms with Gasteiger partial charge in [-0.25, -0.2) is 4.79 Å². The lowest BCUT2D eigenvalue weighted by Gasteiger charge is -2.20. The van der Waals surface area contributed by atoms with E-state index < -0.39 is 5.97 Å². The van der Waals surface area contributed by atoms with Gasteiger partial charge in [0.15, 0.2) is 0 Å². The number of hydrogen-bond donors (Lipinski definition) is 2. The van der Waals surface area contributed by atoms with Crippen molar-refractivity contribution in [3.63, 3.8) is 0 Å². The van der Waals surface area contributed by atoms with Crippen LogP contribution in [0, 0.1) is 0 Å². The molecule has 0 bridgehead atoms. The highest BCUT2D eigenvalue weighted by atomic mass is 16.4. The molecule has 0 amide bonds. The SMILES string of the molecule is CCc1cn(CCN)c2c(C(=O)O)cc(C(C)(C)C)cc12. The third kappa shape index (κ3) is 2.81. The molecule has 4 nitrogen and oxygen atoms in total. The summed E-state index contributed by atoms with van der Waals surface area (Å²) in [7, 11) is 0. The van der Waals surface area contributed by atoms with E-state index in [2.05, 4.69) is 33.8 Å². The monoisotopic (exact) mass is 288 g/mol. The molecule has 0 spiro atoms.